The van der Waals surface area contributed by atoms with Gasteiger partial charge in [-0.1, -0.05) is 0 Å². The lowest BCUT2D eigenvalue weighted by atomic mass is 10.1. The van der Waals surface area contributed by atoms with Crippen molar-refractivity contribution in [1.82, 2.24) is 19.9 Å². The summed E-state index contributed by atoms with van der Waals surface area (Å²) in [6.07, 6.45) is 0.781. The molecule has 1 aliphatic heterocycles. The molecule has 0 fully saturated rings. The highest BCUT2D eigenvalue weighted by atomic mass is 16.1. The molecule has 0 amide bonds. The largest absolute Gasteiger partial charge is 0.399 e. The first-order valence-electron chi connectivity index (χ1n) is 8.85. The van der Waals surface area contributed by atoms with Crippen LogP contribution in [0.5, 0.6) is 0 Å². The van der Waals surface area contributed by atoms with Gasteiger partial charge in [0.15, 0.2) is 0 Å². The summed E-state index contributed by atoms with van der Waals surface area (Å²) in [5, 5.41) is 0. The predicted molar refractivity (Wildman–Crippen MR) is 103 cm³/mol. The van der Waals surface area contributed by atoms with Gasteiger partial charge >= 0.3 is 0 Å². The summed E-state index contributed by atoms with van der Waals surface area (Å²) < 4.78 is 0. The average molecular weight is 349 g/mol. The number of anilines is 1. The smallest absolute Gasteiger partial charge is 0.255 e. The fraction of sp³-hybridized carbons (Fsp3) is 0.300. The molecule has 0 saturated carbocycles. The number of H-pyrrole nitrogens is 2. The summed E-state index contributed by atoms with van der Waals surface area (Å²) in [5.74, 6) is 0.610. The molecule has 0 unspecified atom stereocenters. The Kier molecular flexibility index (Phi) is 4.12. The van der Waals surface area contributed by atoms with E-state index in [1.807, 2.05) is 24.3 Å². The first-order chi connectivity index (χ1) is 12.5. The van der Waals surface area contributed by atoms with Crippen molar-refractivity contribution in [2.45, 2.75) is 33.4 Å². The van der Waals surface area contributed by atoms with E-state index in [1.165, 1.54) is 17.0 Å². The minimum atomic E-state index is -0.0477. The van der Waals surface area contributed by atoms with E-state index in [4.69, 9.17) is 10.7 Å². The highest BCUT2D eigenvalue weighted by Crippen LogP contribution is 2.21. The van der Waals surface area contributed by atoms with Crippen LogP contribution in [-0.4, -0.2) is 26.4 Å². The van der Waals surface area contributed by atoms with Gasteiger partial charge in [-0.3, -0.25) is 9.69 Å². The molecule has 0 spiro atoms. The number of benzene rings is 1. The number of nitrogens with two attached hydrogens (primary N) is 1. The van der Waals surface area contributed by atoms with E-state index in [9.17, 15) is 4.79 Å². The number of rotatable bonds is 3. The van der Waals surface area contributed by atoms with Gasteiger partial charge in [0.1, 0.15) is 5.82 Å². The number of fused-ring (bicyclic) bond motifs is 1. The molecule has 1 aliphatic rings. The summed E-state index contributed by atoms with van der Waals surface area (Å²) in [6, 6.07) is 9.57. The van der Waals surface area contributed by atoms with Crippen molar-refractivity contribution >= 4 is 5.69 Å². The van der Waals surface area contributed by atoms with Crippen LogP contribution in [0.2, 0.25) is 0 Å². The number of aromatic amines is 2. The van der Waals surface area contributed by atoms with Crippen LogP contribution in [0.15, 0.2) is 35.1 Å². The van der Waals surface area contributed by atoms with Crippen LogP contribution in [0.25, 0.3) is 11.4 Å². The molecule has 4 N–H and O–H groups in total. The highest BCUT2D eigenvalue weighted by Gasteiger charge is 2.22. The zero-order valence-corrected chi connectivity index (χ0v) is 15.1. The first-order valence-corrected chi connectivity index (χ1v) is 8.85. The number of hydrogen-bond donors (Lipinski definition) is 3. The molecular formula is C20H23N5O. The Balaban J connectivity index is 1.59. The van der Waals surface area contributed by atoms with Crippen molar-refractivity contribution in [3.8, 4) is 11.4 Å². The lowest BCUT2D eigenvalue weighted by Gasteiger charge is -2.27. The third-order valence-electron chi connectivity index (χ3n) is 4.98. The summed E-state index contributed by atoms with van der Waals surface area (Å²) in [4.78, 5) is 25.9. The van der Waals surface area contributed by atoms with E-state index in [0.29, 0.717) is 18.1 Å². The third kappa shape index (κ3) is 3.15. The zero-order chi connectivity index (χ0) is 18.3. The summed E-state index contributed by atoms with van der Waals surface area (Å²) >= 11 is 0. The Morgan fingerprint density at radius 1 is 1.19 bits per heavy atom. The molecular weight excluding hydrogens is 326 g/mol. The Labute approximate surface area is 152 Å². The second-order valence-corrected chi connectivity index (χ2v) is 7.03. The molecule has 134 valence electrons. The summed E-state index contributed by atoms with van der Waals surface area (Å²) in [7, 11) is 0. The van der Waals surface area contributed by atoms with Crippen molar-refractivity contribution in [3.05, 3.63) is 68.9 Å². The molecule has 0 atom stereocenters. The van der Waals surface area contributed by atoms with E-state index in [-0.39, 0.29) is 5.56 Å². The molecule has 2 aromatic heterocycles. The van der Waals surface area contributed by atoms with Gasteiger partial charge in [0, 0.05) is 48.7 Å². The predicted octanol–water partition coefficient (Wildman–Crippen LogP) is 2.52. The van der Waals surface area contributed by atoms with E-state index >= 15 is 0 Å². The van der Waals surface area contributed by atoms with E-state index < -0.39 is 0 Å². The fourth-order valence-electron chi connectivity index (χ4n) is 3.58. The molecule has 0 saturated heterocycles. The second kappa shape index (κ2) is 6.46. The molecule has 0 bridgehead atoms. The van der Waals surface area contributed by atoms with Gasteiger partial charge in [-0.15, -0.1) is 0 Å². The Bertz CT molecular complexity index is 1000. The van der Waals surface area contributed by atoms with Crippen molar-refractivity contribution in [1.29, 1.82) is 0 Å². The topological polar surface area (TPSA) is 90.8 Å². The van der Waals surface area contributed by atoms with Gasteiger partial charge in [0.2, 0.25) is 0 Å². The van der Waals surface area contributed by atoms with Gasteiger partial charge in [-0.25, -0.2) is 4.98 Å². The molecule has 4 rings (SSSR count). The van der Waals surface area contributed by atoms with Crippen LogP contribution in [0.1, 0.15) is 28.2 Å². The number of nitrogens with zero attached hydrogens (tertiary/aromatic N) is 2. The van der Waals surface area contributed by atoms with Crippen LogP contribution in [0.3, 0.4) is 0 Å². The van der Waals surface area contributed by atoms with Crippen LogP contribution in [-0.2, 0) is 19.5 Å². The van der Waals surface area contributed by atoms with Gasteiger partial charge in [0.25, 0.3) is 5.56 Å². The molecule has 0 aliphatic carbocycles. The van der Waals surface area contributed by atoms with E-state index in [2.05, 4.69) is 34.8 Å². The third-order valence-corrected chi connectivity index (χ3v) is 4.98. The zero-order valence-electron chi connectivity index (χ0n) is 15.1. The molecule has 3 aromatic rings. The van der Waals surface area contributed by atoms with Crippen LogP contribution >= 0.6 is 0 Å². The van der Waals surface area contributed by atoms with Crippen molar-refractivity contribution < 1.29 is 0 Å². The Morgan fingerprint density at radius 3 is 2.65 bits per heavy atom. The minimum absolute atomic E-state index is 0.0477. The van der Waals surface area contributed by atoms with Gasteiger partial charge in [0.05, 0.1) is 11.3 Å². The molecule has 1 aromatic carbocycles. The van der Waals surface area contributed by atoms with Crippen molar-refractivity contribution in [2.24, 2.45) is 0 Å². The monoisotopic (exact) mass is 349 g/mol. The van der Waals surface area contributed by atoms with Gasteiger partial charge in [-0.05, 0) is 49.7 Å². The van der Waals surface area contributed by atoms with Crippen LogP contribution in [0.4, 0.5) is 5.69 Å². The molecule has 0 radical (unpaired) electrons. The average Bonchev–Trinajstić information content (AvgIpc) is 2.93. The molecule has 6 heteroatoms. The number of nitrogen functional groups attached to an aromatic ring is 1. The maximum atomic E-state index is 12.6. The maximum Gasteiger partial charge on any atom is 0.255 e. The quantitative estimate of drug-likeness (QED) is 0.634. The SMILES string of the molecule is Cc1cc(CN2CCc3nc(-c4ccc(N)cc4)[nH]c(=O)c3C2)c(C)[nH]1. The normalized spacial score (nSPS) is 14.4. The van der Waals surface area contributed by atoms with Crippen molar-refractivity contribution in [2.75, 3.05) is 12.3 Å². The minimum Gasteiger partial charge on any atom is -0.399 e. The number of hydrogen-bond acceptors (Lipinski definition) is 4. The summed E-state index contributed by atoms with van der Waals surface area (Å²) in [6.45, 7) is 6.52. The fourth-order valence-corrected chi connectivity index (χ4v) is 3.58. The van der Waals surface area contributed by atoms with E-state index in [1.54, 1.807) is 0 Å². The lowest BCUT2D eigenvalue weighted by Crippen LogP contribution is -2.35. The standard InChI is InChI=1S/C20H23N5O/c1-12-9-15(13(2)22-12)10-25-8-7-18-17(11-25)20(26)24-19(23-18)14-3-5-16(21)6-4-14/h3-6,9,22H,7-8,10-11,21H2,1-2H3,(H,23,24,26). The molecule has 3 heterocycles. The number of aryl methyl sites for hydroxylation is 2. The van der Waals surface area contributed by atoms with Crippen molar-refractivity contribution in [3.63, 3.8) is 0 Å². The second-order valence-electron chi connectivity index (χ2n) is 7.03. The molecule has 6 nitrogen and oxygen atoms in total. The van der Waals surface area contributed by atoms with E-state index in [0.717, 1.165) is 36.3 Å². The highest BCUT2D eigenvalue weighted by molar-refractivity contribution is 5.58. The molecule has 26 heavy (non-hydrogen) atoms. The Hall–Kier alpha value is -2.86. The van der Waals surface area contributed by atoms with Crippen LogP contribution < -0.4 is 11.3 Å². The van der Waals surface area contributed by atoms with Crippen LogP contribution in [0, 0.1) is 13.8 Å². The lowest BCUT2D eigenvalue weighted by molar-refractivity contribution is 0.241. The maximum absolute atomic E-state index is 12.6. The number of aromatic nitrogens is 3. The van der Waals surface area contributed by atoms with Gasteiger partial charge in [-0.2, -0.15) is 0 Å². The summed E-state index contributed by atoms with van der Waals surface area (Å²) in [5.41, 5.74) is 12.6. The first kappa shape index (κ1) is 16.6. The van der Waals surface area contributed by atoms with Gasteiger partial charge < -0.3 is 15.7 Å². The number of nitrogens with one attached hydrogen (secondary N) is 2. The Morgan fingerprint density at radius 2 is 1.96 bits per heavy atom.